The molecule has 1 aromatic carbocycles. The zero-order valence-corrected chi connectivity index (χ0v) is 10.9. The van der Waals surface area contributed by atoms with E-state index >= 15 is 0 Å². The van der Waals surface area contributed by atoms with Crippen LogP contribution in [0, 0.1) is 11.3 Å². The van der Waals surface area contributed by atoms with Crippen LogP contribution in [0.15, 0.2) is 18.2 Å². The molecular formula is C11H11Cl2NOS. The maximum Gasteiger partial charge on any atom is 0.0622 e. The zero-order valence-electron chi connectivity index (χ0n) is 8.58. The SMILES string of the molecule is N#CCCC[S@](=O)Cc1c(Cl)cccc1Cl. The highest BCUT2D eigenvalue weighted by atomic mass is 35.5. The quantitative estimate of drug-likeness (QED) is 0.772. The third-order valence-electron chi connectivity index (χ3n) is 2.03. The van der Waals surface area contributed by atoms with Gasteiger partial charge in [0.05, 0.1) is 11.8 Å². The van der Waals surface area contributed by atoms with Crippen LogP contribution in [0.25, 0.3) is 0 Å². The predicted molar refractivity (Wildman–Crippen MR) is 68.0 cm³/mol. The van der Waals surface area contributed by atoms with Crippen LogP contribution in [0.3, 0.4) is 0 Å². The second-order valence-corrected chi connectivity index (χ2v) is 5.64. The standard InChI is InChI=1S/C11H11Cl2NOS/c12-10-4-3-5-11(13)9(10)8-16(15)7-2-1-6-14/h3-5H,1-2,7-8H2/t16-/m0/s1. The molecule has 0 N–H and O–H groups in total. The van der Waals surface area contributed by atoms with Crippen LogP contribution >= 0.6 is 23.2 Å². The molecule has 1 atom stereocenters. The van der Waals surface area contributed by atoms with Gasteiger partial charge in [0.2, 0.25) is 0 Å². The lowest BCUT2D eigenvalue weighted by atomic mass is 10.2. The summed E-state index contributed by atoms with van der Waals surface area (Å²) in [6.07, 6.45) is 1.08. The molecule has 0 amide bonds. The molecule has 0 unspecified atom stereocenters. The number of rotatable bonds is 5. The van der Waals surface area contributed by atoms with E-state index in [0.717, 1.165) is 5.56 Å². The van der Waals surface area contributed by atoms with Gasteiger partial charge in [-0.2, -0.15) is 5.26 Å². The van der Waals surface area contributed by atoms with E-state index in [9.17, 15) is 4.21 Å². The minimum absolute atomic E-state index is 0.351. The molecule has 0 aromatic heterocycles. The third-order valence-corrected chi connectivity index (χ3v) is 4.09. The number of hydrogen-bond acceptors (Lipinski definition) is 2. The molecule has 0 spiro atoms. The summed E-state index contributed by atoms with van der Waals surface area (Å²) in [6, 6.07) is 7.24. The molecule has 0 fully saturated rings. The summed E-state index contributed by atoms with van der Waals surface area (Å²) in [5.41, 5.74) is 0.723. The van der Waals surface area contributed by atoms with Crippen LogP contribution in [0.1, 0.15) is 18.4 Å². The second kappa shape index (κ2) is 6.90. The van der Waals surface area contributed by atoms with Crippen LogP contribution in [0.2, 0.25) is 10.0 Å². The minimum atomic E-state index is -1.01. The second-order valence-electron chi connectivity index (χ2n) is 3.25. The van der Waals surface area contributed by atoms with E-state index in [1.807, 2.05) is 6.07 Å². The summed E-state index contributed by atoms with van der Waals surface area (Å²) in [4.78, 5) is 0. The molecule has 0 aliphatic rings. The summed E-state index contributed by atoms with van der Waals surface area (Å²) >= 11 is 11.9. The molecule has 0 radical (unpaired) electrons. The van der Waals surface area contributed by atoms with Crippen molar-refractivity contribution in [2.45, 2.75) is 18.6 Å². The molecule has 0 saturated heterocycles. The summed E-state index contributed by atoms with van der Waals surface area (Å²) in [5.74, 6) is 0.860. The normalized spacial score (nSPS) is 12.1. The largest absolute Gasteiger partial charge is 0.259 e. The molecule has 0 saturated carbocycles. The van der Waals surface area contributed by atoms with E-state index in [4.69, 9.17) is 28.5 Å². The first kappa shape index (κ1) is 13.5. The smallest absolute Gasteiger partial charge is 0.0622 e. The molecule has 0 aliphatic heterocycles. The van der Waals surface area contributed by atoms with Gasteiger partial charge >= 0.3 is 0 Å². The van der Waals surface area contributed by atoms with Gasteiger partial charge in [-0.25, -0.2) is 0 Å². The maximum atomic E-state index is 11.7. The molecule has 5 heteroatoms. The molecule has 0 bridgehead atoms. The number of benzene rings is 1. The van der Waals surface area contributed by atoms with Crippen molar-refractivity contribution in [2.24, 2.45) is 0 Å². The molecule has 0 heterocycles. The van der Waals surface area contributed by atoms with Crippen molar-refractivity contribution in [2.75, 3.05) is 5.75 Å². The van der Waals surface area contributed by atoms with Crippen LogP contribution < -0.4 is 0 Å². The van der Waals surface area contributed by atoms with Gasteiger partial charge < -0.3 is 0 Å². The fraction of sp³-hybridized carbons (Fsp3) is 0.364. The van der Waals surface area contributed by atoms with Gasteiger partial charge in [0.25, 0.3) is 0 Å². The Morgan fingerprint density at radius 3 is 2.50 bits per heavy atom. The Morgan fingerprint density at radius 1 is 1.31 bits per heavy atom. The Morgan fingerprint density at radius 2 is 1.94 bits per heavy atom. The van der Waals surface area contributed by atoms with Gasteiger partial charge in [-0.3, -0.25) is 4.21 Å². The number of halogens is 2. The number of nitrogens with zero attached hydrogens (tertiary/aromatic N) is 1. The van der Waals surface area contributed by atoms with Crippen molar-refractivity contribution in [1.82, 2.24) is 0 Å². The average Bonchev–Trinajstić information content (AvgIpc) is 2.24. The van der Waals surface area contributed by atoms with Crippen LogP contribution in [-0.2, 0) is 16.6 Å². The number of nitriles is 1. The summed E-state index contributed by atoms with van der Waals surface area (Å²) < 4.78 is 11.7. The molecular weight excluding hydrogens is 265 g/mol. The topological polar surface area (TPSA) is 40.9 Å². The van der Waals surface area contributed by atoms with E-state index in [-0.39, 0.29) is 0 Å². The average molecular weight is 276 g/mol. The van der Waals surface area contributed by atoms with Crippen LogP contribution in [-0.4, -0.2) is 9.96 Å². The molecule has 1 rings (SSSR count). The number of unbranched alkanes of at least 4 members (excludes halogenated alkanes) is 1. The van der Waals surface area contributed by atoms with Crippen molar-refractivity contribution in [1.29, 1.82) is 5.26 Å². The van der Waals surface area contributed by atoms with Crippen molar-refractivity contribution >= 4 is 34.0 Å². The fourth-order valence-corrected chi connectivity index (χ4v) is 3.15. The van der Waals surface area contributed by atoms with Crippen LogP contribution in [0.4, 0.5) is 0 Å². The Bertz CT molecular complexity index is 408. The summed E-state index contributed by atoms with van der Waals surface area (Å²) in [6.45, 7) is 0. The van der Waals surface area contributed by atoms with E-state index in [2.05, 4.69) is 0 Å². The molecule has 16 heavy (non-hydrogen) atoms. The Balaban J connectivity index is 2.60. The van der Waals surface area contributed by atoms with Gasteiger partial charge in [-0.15, -0.1) is 0 Å². The number of hydrogen-bond donors (Lipinski definition) is 0. The van der Waals surface area contributed by atoms with E-state index in [1.54, 1.807) is 18.2 Å². The van der Waals surface area contributed by atoms with E-state index in [0.29, 0.717) is 34.4 Å². The van der Waals surface area contributed by atoms with E-state index < -0.39 is 10.8 Å². The molecule has 0 aliphatic carbocycles. The molecule has 1 aromatic rings. The monoisotopic (exact) mass is 275 g/mol. The first-order valence-electron chi connectivity index (χ1n) is 4.80. The zero-order chi connectivity index (χ0) is 12.0. The van der Waals surface area contributed by atoms with Gasteiger partial charge in [0, 0.05) is 38.6 Å². The van der Waals surface area contributed by atoms with Gasteiger partial charge in [-0.1, -0.05) is 29.3 Å². The lowest BCUT2D eigenvalue weighted by Crippen LogP contribution is -2.02. The molecule has 86 valence electrons. The minimum Gasteiger partial charge on any atom is -0.259 e. The summed E-state index contributed by atoms with van der Waals surface area (Å²) in [5, 5.41) is 9.45. The third kappa shape index (κ3) is 4.13. The predicted octanol–water partition coefficient (Wildman–Crippen LogP) is 3.55. The van der Waals surface area contributed by atoms with Gasteiger partial charge in [0.15, 0.2) is 0 Å². The maximum absolute atomic E-state index is 11.7. The first-order valence-corrected chi connectivity index (χ1v) is 7.04. The lowest BCUT2D eigenvalue weighted by Gasteiger charge is -2.06. The van der Waals surface area contributed by atoms with Crippen molar-refractivity contribution in [3.8, 4) is 6.07 Å². The molecule has 2 nitrogen and oxygen atoms in total. The van der Waals surface area contributed by atoms with Gasteiger partial charge in [-0.05, 0) is 18.6 Å². The Labute approximate surface area is 108 Å². The Hall–Kier alpha value is -0.560. The highest BCUT2D eigenvalue weighted by Crippen LogP contribution is 2.25. The van der Waals surface area contributed by atoms with Crippen molar-refractivity contribution in [3.63, 3.8) is 0 Å². The fourth-order valence-electron chi connectivity index (χ4n) is 1.22. The first-order chi connectivity index (χ1) is 7.65. The Kier molecular flexibility index (Phi) is 5.83. The highest BCUT2D eigenvalue weighted by molar-refractivity contribution is 7.84. The lowest BCUT2D eigenvalue weighted by molar-refractivity contribution is 0.680. The van der Waals surface area contributed by atoms with E-state index in [1.165, 1.54) is 0 Å². The van der Waals surface area contributed by atoms with Crippen LogP contribution in [0.5, 0.6) is 0 Å². The highest BCUT2D eigenvalue weighted by Gasteiger charge is 2.09. The van der Waals surface area contributed by atoms with Crippen molar-refractivity contribution < 1.29 is 4.21 Å². The van der Waals surface area contributed by atoms with Crippen molar-refractivity contribution in [3.05, 3.63) is 33.8 Å². The summed E-state index contributed by atoms with van der Waals surface area (Å²) in [7, 11) is -1.01. The van der Waals surface area contributed by atoms with Gasteiger partial charge in [0.1, 0.15) is 0 Å².